The summed E-state index contributed by atoms with van der Waals surface area (Å²) in [5, 5.41) is 3.51. The van der Waals surface area contributed by atoms with Crippen LogP contribution in [0.15, 0.2) is 42.7 Å². The number of aromatic nitrogens is 1. The summed E-state index contributed by atoms with van der Waals surface area (Å²) in [6.45, 7) is 8.54. The molecule has 0 radical (unpaired) electrons. The fourth-order valence-corrected chi connectivity index (χ4v) is 3.09. The van der Waals surface area contributed by atoms with Crippen LogP contribution in [0.2, 0.25) is 0 Å². The average Bonchev–Trinajstić information content (AvgIpc) is 2.51. The predicted molar refractivity (Wildman–Crippen MR) is 86.2 cm³/mol. The van der Waals surface area contributed by atoms with Gasteiger partial charge in [0, 0.05) is 44.6 Å². The van der Waals surface area contributed by atoms with Crippen LogP contribution in [-0.2, 0) is 6.54 Å². The average molecular weight is 281 g/mol. The van der Waals surface area contributed by atoms with Gasteiger partial charge < -0.3 is 5.32 Å². The van der Waals surface area contributed by atoms with Crippen molar-refractivity contribution < 1.29 is 0 Å². The fraction of sp³-hybridized carbons (Fsp3) is 0.389. The second-order valence-corrected chi connectivity index (χ2v) is 5.90. The maximum Gasteiger partial charge on any atom is 0.0477 e. The lowest BCUT2D eigenvalue weighted by Crippen LogP contribution is -2.45. The molecular formula is C18H23N3. The molecule has 3 heteroatoms. The number of pyridine rings is 1. The summed E-state index contributed by atoms with van der Waals surface area (Å²) in [6, 6.07) is 11.5. The van der Waals surface area contributed by atoms with E-state index >= 15 is 0 Å². The van der Waals surface area contributed by atoms with Gasteiger partial charge >= 0.3 is 0 Å². The van der Waals surface area contributed by atoms with Crippen molar-refractivity contribution in [2.45, 2.75) is 26.4 Å². The van der Waals surface area contributed by atoms with Gasteiger partial charge in [-0.15, -0.1) is 0 Å². The Bertz CT molecular complexity index is 595. The zero-order chi connectivity index (χ0) is 14.7. The number of nitrogens with one attached hydrogen (secondary N) is 1. The molecule has 1 aliphatic rings. The molecule has 1 atom stereocenters. The minimum atomic E-state index is 0.433. The van der Waals surface area contributed by atoms with E-state index < -0.39 is 0 Å². The summed E-state index contributed by atoms with van der Waals surface area (Å²) < 4.78 is 0. The number of hydrogen-bond donors (Lipinski definition) is 1. The van der Waals surface area contributed by atoms with E-state index in [2.05, 4.69) is 59.4 Å². The molecule has 1 aliphatic heterocycles. The molecule has 1 saturated heterocycles. The van der Waals surface area contributed by atoms with Crippen molar-refractivity contribution in [2.75, 3.05) is 19.6 Å². The molecule has 1 aromatic carbocycles. The highest BCUT2D eigenvalue weighted by Gasteiger charge is 2.23. The Morgan fingerprint density at radius 3 is 2.76 bits per heavy atom. The first-order valence-electron chi connectivity index (χ1n) is 7.65. The molecule has 1 fully saturated rings. The van der Waals surface area contributed by atoms with Crippen LogP contribution in [0.1, 0.15) is 28.3 Å². The highest BCUT2D eigenvalue weighted by atomic mass is 15.2. The number of piperazine rings is 1. The third-order valence-corrected chi connectivity index (χ3v) is 4.32. The van der Waals surface area contributed by atoms with E-state index in [9.17, 15) is 0 Å². The number of hydrogen-bond acceptors (Lipinski definition) is 3. The second kappa shape index (κ2) is 6.37. The van der Waals surface area contributed by atoms with Crippen LogP contribution in [0.5, 0.6) is 0 Å². The maximum absolute atomic E-state index is 4.13. The molecule has 2 aromatic rings. The second-order valence-electron chi connectivity index (χ2n) is 5.90. The lowest BCUT2D eigenvalue weighted by Gasteiger charge is -2.36. The Morgan fingerprint density at radius 2 is 2.00 bits per heavy atom. The molecular weight excluding hydrogens is 258 g/mol. The molecule has 110 valence electrons. The summed E-state index contributed by atoms with van der Waals surface area (Å²) in [5.74, 6) is 0. The number of benzene rings is 1. The van der Waals surface area contributed by atoms with Crippen LogP contribution in [-0.4, -0.2) is 29.5 Å². The first-order chi connectivity index (χ1) is 10.2. The molecule has 3 rings (SSSR count). The molecule has 1 aromatic heterocycles. The molecule has 1 N–H and O–H groups in total. The summed E-state index contributed by atoms with van der Waals surface area (Å²) in [5.41, 5.74) is 5.51. The van der Waals surface area contributed by atoms with Gasteiger partial charge in [-0.2, -0.15) is 0 Å². The number of aryl methyl sites for hydroxylation is 2. The molecule has 21 heavy (non-hydrogen) atoms. The molecule has 0 bridgehead atoms. The van der Waals surface area contributed by atoms with Gasteiger partial charge in [-0.25, -0.2) is 0 Å². The highest BCUT2D eigenvalue weighted by molar-refractivity contribution is 5.30. The Hall–Kier alpha value is -1.71. The van der Waals surface area contributed by atoms with E-state index in [-0.39, 0.29) is 0 Å². The van der Waals surface area contributed by atoms with E-state index in [4.69, 9.17) is 0 Å². The quantitative estimate of drug-likeness (QED) is 0.937. The molecule has 3 nitrogen and oxygen atoms in total. The van der Waals surface area contributed by atoms with Crippen LogP contribution in [0.3, 0.4) is 0 Å². The van der Waals surface area contributed by atoms with Crippen LogP contribution in [0.4, 0.5) is 0 Å². The largest absolute Gasteiger partial charge is 0.314 e. The number of rotatable bonds is 3. The van der Waals surface area contributed by atoms with Crippen molar-refractivity contribution in [1.29, 1.82) is 0 Å². The number of nitrogens with zero attached hydrogens (tertiary/aromatic N) is 2. The van der Waals surface area contributed by atoms with Crippen molar-refractivity contribution in [1.82, 2.24) is 15.2 Å². The van der Waals surface area contributed by atoms with E-state index in [1.54, 1.807) is 0 Å². The lowest BCUT2D eigenvalue weighted by atomic mass is 10.0. The first kappa shape index (κ1) is 14.2. The van der Waals surface area contributed by atoms with E-state index in [1.165, 1.54) is 22.3 Å². The standard InChI is InChI=1S/C18H23N3/c1-14-3-4-17(15(2)11-14)13-21-10-9-20-12-18(21)16-5-7-19-8-6-16/h3-8,11,18,20H,9-10,12-13H2,1-2H3. The van der Waals surface area contributed by atoms with E-state index in [1.807, 2.05) is 12.4 Å². The van der Waals surface area contributed by atoms with Crippen LogP contribution >= 0.6 is 0 Å². The van der Waals surface area contributed by atoms with Crippen LogP contribution in [0, 0.1) is 13.8 Å². The minimum absolute atomic E-state index is 0.433. The molecule has 1 unspecified atom stereocenters. The van der Waals surface area contributed by atoms with Gasteiger partial charge in [0.05, 0.1) is 0 Å². The third kappa shape index (κ3) is 3.31. The van der Waals surface area contributed by atoms with E-state index in [0.29, 0.717) is 6.04 Å². The summed E-state index contributed by atoms with van der Waals surface area (Å²) >= 11 is 0. The van der Waals surface area contributed by atoms with Gasteiger partial charge in [0.1, 0.15) is 0 Å². The molecule has 2 heterocycles. The highest BCUT2D eigenvalue weighted by Crippen LogP contribution is 2.24. The van der Waals surface area contributed by atoms with Gasteiger partial charge in [0.2, 0.25) is 0 Å². The van der Waals surface area contributed by atoms with Crippen molar-refractivity contribution in [2.24, 2.45) is 0 Å². The van der Waals surface area contributed by atoms with Crippen molar-refractivity contribution in [3.8, 4) is 0 Å². The summed E-state index contributed by atoms with van der Waals surface area (Å²) in [7, 11) is 0. The van der Waals surface area contributed by atoms with Gasteiger partial charge in [-0.1, -0.05) is 23.8 Å². The van der Waals surface area contributed by atoms with Gasteiger partial charge in [-0.05, 0) is 42.7 Å². The third-order valence-electron chi connectivity index (χ3n) is 4.32. The molecule has 0 spiro atoms. The fourth-order valence-electron chi connectivity index (χ4n) is 3.09. The van der Waals surface area contributed by atoms with Crippen molar-refractivity contribution in [3.05, 3.63) is 65.0 Å². The maximum atomic E-state index is 4.13. The van der Waals surface area contributed by atoms with Crippen LogP contribution < -0.4 is 5.32 Å². The normalized spacial score (nSPS) is 19.6. The van der Waals surface area contributed by atoms with Gasteiger partial charge in [-0.3, -0.25) is 9.88 Å². The zero-order valence-corrected chi connectivity index (χ0v) is 12.8. The topological polar surface area (TPSA) is 28.2 Å². The van der Waals surface area contributed by atoms with Crippen LogP contribution in [0.25, 0.3) is 0 Å². The Kier molecular flexibility index (Phi) is 4.32. The molecule has 0 amide bonds. The first-order valence-corrected chi connectivity index (χ1v) is 7.65. The van der Waals surface area contributed by atoms with Gasteiger partial charge in [0.25, 0.3) is 0 Å². The summed E-state index contributed by atoms with van der Waals surface area (Å²) in [4.78, 5) is 6.71. The minimum Gasteiger partial charge on any atom is -0.314 e. The van der Waals surface area contributed by atoms with E-state index in [0.717, 1.165) is 26.2 Å². The Labute approximate surface area is 127 Å². The predicted octanol–water partition coefficient (Wildman–Crippen LogP) is 2.84. The molecule has 0 aliphatic carbocycles. The lowest BCUT2D eigenvalue weighted by molar-refractivity contribution is 0.153. The Morgan fingerprint density at radius 1 is 1.19 bits per heavy atom. The van der Waals surface area contributed by atoms with Crippen molar-refractivity contribution >= 4 is 0 Å². The molecule has 0 saturated carbocycles. The summed E-state index contributed by atoms with van der Waals surface area (Å²) in [6.07, 6.45) is 3.78. The van der Waals surface area contributed by atoms with Crippen molar-refractivity contribution in [3.63, 3.8) is 0 Å². The zero-order valence-electron chi connectivity index (χ0n) is 12.8. The SMILES string of the molecule is Cc1ccc(CN2CCNCC2c2ccncc2)c(C)c1. The smallest absolute Gasteiger partial charge is 0.0477 e. The monoisotopic (exact) mass is 281 g/mol. The Balaban J connectivity index is 1.81. The van der Waals surface area contributed by atoms with Gasteiger partial charge in [0.15, 0.2) is 0 Å².